The monoisotopic (exact) mass is 614 g/mol. The van der Waals surface area contributed by atoms with Crippen molar-refractivity contribution in [1.29, 1.82) is 0 Å². The van der Waals surface area contributed by atoms with Gasteiger partial charge in [-0.15, -0.1) is 0 Å². The predicted molar refractivity (Wildman–Crippen MR) is 160 cm³/mol. The summed E-state index contributed by atoms with van der Waals surface area (Å²) in [5, 5.41) is 14.4. The molecule has 3 aromatic carbocycles. The van der Waals surface area contributed by atoms with Gasteiger partial charge >= 0.3 is 0 Å². The summed E-state index contributed by atoms with van der Waals surface area (Å²) in [7, 11) is -3.12. The minimum Gasteiger partial charge on any atom is -0.497 e. The average Bonchev–Trinajstić information content (AvgIpc) is 2.98. The molecule has 43 heavy (non-hydrogen) atoms. The molecule has 0 saturated heterocycles. The molecule has 0 aliphatic carbocycles. The van der Waals surface area contributed by atoms with Crippen molar-refractivity contribution < 1.29 is 32.1 Å². The van der Waals surface area contributed by atoms with Gasteiger partial charge in [-0.25, -0.2) is 12.8 Å². The highest BCUT2D eigenvalue weighted by Crippen LogP contribution is 2.29. The molecule has 2 amide bonds. The number of aryl methyl sites for hydroxylation is 1. The first-order chi connectivity index (χ1) is 20.3. The highest BCUT2D eigenvalue weighted by Gasteiger charge is 2.34. The number of benzene rings is 3. The van der Waals surface area contributed by atoms with Crippen molar-refractivity contribution in [3.05, 3.63) is 93.8 Å². The van der Waals surface area contributed by atoms with Gasteiger partial charge in [-0.2, -0.15) is 0 Å². The Labute approximate surface area is 250 Å². The molecule has 230 valence electrons. The van der Waals surface area contributed by atoms with Crippen LogP contribution in [0.2, 0.25) is 0 Å². The van der Waals surface area contributed by atoms with Gasteiger partial charge in [0.1, 0.15) is 24.2 Å². The van der Waals surface area contributed by atoms with Gasteiger partial charge in [0.15, 0.2) is 0 Å². The van der Waals surface area contributed by atoms with E-state index in [1.165, 1.54) is 75.6 Å². The van der Waals surface area contributed by atoms with Gasteiger partial charge in [-0.05, 0) is 63.6 Å². The lowest BCUT2D eigenvalue weighted by Crippen LogP contribution is -2.52. The zero-order valence-electron chi connectivity index (χ0n) is 24.6. The number of nitro groups is 1. The lowest BCUT2D eigenvalue weighted by Gasteiger charge is -2.32. The van der Waals surface area contributed by atoms with E-state index in [0.717, 1.165) is 15.3 Å². The summed E-state index contributed by atoms with van der Waals surface area (Å²) in [6.07, 6.45) is 0.631. The third-order valence-corrected chi connectivity index (χ3v) is 8.84. The van der Waals surface area contributed by atoms with Crippen LogP contribution in [0.3, 0.4) is 0 Å². The zero-order chi connectivity index (χ0) is 31.9. The van der Waals surface area contributed by atoms with E-state index in [0.29, 0.717) is 12.2 Å². The normalized spacial score (nSPS) is 12.6. The molecule has 0 heterocycles. The molecule has 3 rings (SSSR count). The van der Waals surface area contributed by atoms with Gasteiger partial charge < -0.3 is 15.0 Å². The van der Waals surface area contributed by atoms with Crippen LogP contribution in [0.4, 0.5) is 15.8 Å². The maximum Gasteiger partial charge on any atom is 0.273 e. The molecule has 2 atom stereocenters. The van der Waals surface area contributed by atoms with Crippen molar-refractivity contribution in [3.8, 4) is 5.75 Å². The number of nitrogens with one attached hydrogen (secondary N) is 1. The Morgan fingerprint density at radius 1 is 1.07 bits per heavy atom. The van der Waals surface area contributed by atoms with Gasteiger partial charge in [-0.1, -0.05) is 31.2 Å². The second-order valence-corrected chi connectivity index (χ2v) is 11.9. The van der Waals surface area contributed by atoms with Crippen LogP contribution in [0.5, 0.6) is 5.75 Å². The number of rotatable bonds is 13. The number of methoxy groups -OCH3 is 1. The molecule has 0 aliphatic rings. The number of hydrogen-bond acceptors (Lipinski definition) is 7. The van der Waals surface area contributed by atoms with Crippen LogP contribution in [0, 0.1) is 22.9 Å². The van der Waals surface area contributed by atoms with Crippen LogP contribution in [-0.4, -0.2) is 55.8 Å². The second-order valence-electron chi connectivity index (χ2n) is 10.0. The third-order valence-electron chi connectivity index (χ3n) is 7.07. The fraction of sp³-hybridized carbons (Fsp3) is 0.333. The van der Waals surface area contributed by atoms with Gasteiger partial charge in [0, 0.05) is 29.8 Å². The summed E-state index contributed by atoms with van der Waals surface area (Å²) in [6.45, 7) is 5.54. The molecule has 0 radical (unpaired) electrons. The average molecular weight is 615 g/mol. The van der Waals surface area contributed by atoms with Crippen molar-refractivity contribution in [3.63, 3.8) is 0 Å². The van der Waals surface area contributed by atoms with Gasteiger partial charge in [-0.3, -0.25) is 24.0 Å². The Hall–Kier alpha value is -4.52. The number of nitrogens with zero attached hydrogens (tertiary/aromatic N) is 3. The lowest BCUT2D eigenvalue weighted by molar-refractivity contribution is -0.385. The number of amides is 2. The van der Waals surface area contributed by atoms with E-state index in [9.17, 15) is 32.5 Å². The standard InChI is InChI=1S/C30H35FN4O7S/c1-6-21(3)32-30(37)22(4)33(18-23-9-7-8-10-27(23)31)29(36)19-34(24-12-14-25(42-5)15-13-24)43(40,41)26-16-11-20(2)28(17-26)35(38)39/h7-17,21-22H,6,18-19H2,1-5H3,(H,32,37). The first-order valence-electron chi connectivity index (χ1n) is 13.5. The van der Waals surface area contributed by atoms with Crippen LogP contribution in [0.25, 0.3) is 0 Å². The first kappa shape index (κ1) is 33.0. The smallest absolute Gasteiger partial charge is 0.273 e. The van der Waals surface area contributed by atoms with Crippen molar-refractivity contribution in [2.75, 3.05) is 18.0 Å². The van der Waals surface area contributed by atoms with Crippen LogP contribution in [0.1, 0.15) is 38.3 Å². The number of carbonyl (C=O) groups excluding carboxylic acids is 2. The molecule has 0 aromatic heterocycles. The molecule has 0 spiro atoms. The number of hydrogen-bond donors (Lipinski definition) is 1. The van der Waals surface area contributed by atoms with E-state index in [2.05, 4.69) is 5.32 Å². The minimum atomic E-state index is -4.56. The Morgan fingerprint density at radius 2 is 1.72 bits per heavy atom. The van der Waals surface area contributed by atoms with Crippen LogP contribution >= 0.6 is 0 Å². The van der Waals surface area contributed by atoms with Gasteiger partial charge in [0.05, 0.1) is 22.6 Å². The van der Waals surface area contributed by atoms with E-state index in [1.807, 2.05) is 6.92 Å². The summed E-state index contributed by atoms with van der Waals surface area (Å²) in [5.74, 6) is -1.46. The summed E-state index contributed by atoms with van der Waals surface area (Å²) in [5.41, 5.74) is 0.0545. The molecule has 11 nitrogen and oxygen atoms in total. The second kappa shape index (κ2) is 14.1. The van der Waals surface area contributed by atoms with Crippen LogP contribution < -0.4 is 14.4 Å². The highest BCUT2D eigenvalue weighted by atomic mass is 32.2. The minimum absolute atomic E-state index is 0.0694. The van der Waals surface area contributed by atoms with E-state index in [1.54, 1.807) is 13.0 Å². The molecule has 2 unspecified atom stereocenters. The number of anilines is 1. The van der Waals surface area contributed by atoms with E-state index in [-0.39, 0.29) is 29.4 Å². The van der Waals surface area contributed by atoms with Crippen molar-refractivity contribution in [1.82, 2.24) is 10.2 Å². The molecular weight excluding hydrogens is 579 g/mol. The van der Waals surface area contributed by atoms with Crippen molar-refractivity contribution in [2.24, 2.45) is 0 Å². The van der Waals surface area contributed by atoms with E-state index >= 15 is 0 Å². The molecule has 3 aromatic rings. The highest BCUT2D eigenvalue weighted by molar-refractivity contribution is 7.92. The zero-order valence-corrected chi connectivity index (χ0v) is 25.4. The maximum absolute atomic E-state index is 14.7. The molecule has 0 bridgehead atoms. The number of nitro benzene ring substituents is 1. The fourth-order valence-corrected chi connectivity index (χ4v) is 5.64. The quantitative estimate of drug-likeness (QED) is 0.220. The van der Waals surface area contributed by atoms with Crippen LogP contribution in [-0.2, 0) is 26.2 Å². The van der Waals surface area contributed by atoms with Gasteiger partial charge in [0.2, 0.25) is 11.8 Å². The summed E-state index contributed by atoms with van der Waals surface area (Å²) < 4.78 is 48.6. The maximum atomic E-state index is 14.7. The number of carbonyl (C=O) groups is 2. The Bertz CT molecular complexity index is 1580. The molecule has 0 saturated carbocycles. The van der Waals surface area contributed by atoms with Crippen molar-refractivity contribution >= 4 is 33.2 Å². The molecule has 1 N–H and O–H groups in total. The Morgan fingerprint density at radius 3 is 2.30 bits per heavy atom. The van der Waals surface area contributed by atoms with Gasteiger partial charge in [0.25, 0.3) is 15.7 Å². The van der Waals surface area contributed by atoms with Crippen molar-refractivity contribution in [2.45, 2.75) is 57.6 Å². The largest absolute Gasteiger partial charge is 0.497 e. The Balaban J connectivity index is 2.10. The number of sulfonamides is 1. The van der Waals surface area contributed by atoms with E-state index in [4.69, 9.17) is 4.74 Å². The summed E-state index contributed by atoms with van der Waals surface area (Å²) in [4.78, 5) is 38.6. The Kier molecular flexibility index (Phi) is 10.8. The summed E-state index contributed by atoms with van der Waals surface area (Å²) in [6, 6.07) is 13.8. The van der Waals surface area contributed by atoms with Crippen LogP contribution in [0.15, 0.2) is 71.6 Å². The van der Waals surface area contributed by atoms with E-state index < -0.39 is 55.7 Å². The lowest BCUT2D eigenvalue weighted by atomic mass is 10.1. The predicted octanol–water partition coefficient (Wildman–Crippen LogP) is 4.58. The summed E-state index contributed by atoms with van der Waals surface area (Å²) >= 11 is 0. The SMILES string of the molecule is CCC(C)NC(=O)C(C)N(Cc1ccccc1F)C(=O)CN(c1ccc(OC)cc1)S(=O)(=O)c1ccc(C)c([N+](=O)[O-])c1. The molecule has 0 aliphatic heterocycles. The topological polar surface area (TPSA) is 139 Å². The fourth-order valence-electron chi connectivity index (χ4n) is 4.21. The molecule has 13 heteroatoms. The molecule has 0 fully saturated rings. The number of halogens is 1. The third kappa shape index (κ3) is 7.86. The number of ether oxygens (including phenoxy) is 1. The molecular formula is C30H35FN4O7S. The first-order valence-corrected chi connectivity index (χ1v) is 15.0.